The number of benzene rings is 2. The highest BCUT2D eigenvalue weighted by atomic mass is 16.6. The van der Waals surface area contributed by atoms with Crippen LogP contribution in [0.4, 0.5) is 11.4 Å². The second kappa shape index (κ2) is 5.96. The van der Waals surface area contributed by atoms with Gasteiger partial charge in [-0.1, -0.05) is 6.07 Å². The number of rotatable bonds is 4. The van der Waals surface area contributed by atoms with Gasteiger partial charge in [-0.3, -0.25) is 19.7 Å². The molecule has 0 aliphatic heterocycles. The summed E-state index contributed by atoms with van der Waals surface area (Å²) in [7, 11) is 0. The van der Waals surface area contributed by atoms with E-state index < -0.39 is 10.8 Å². The maximum atomic E-state index is 12.2. The van der Waals surface area contributed by atoms with Gasteiger partial charge in [0, 0.05) is 28.9 Å². The van der Waals surface area contributed by atoms with Crippen LogP contribution in [0.5, 0.6) is 0 Å². The highest BCUT2D eigenvalue weighted by Gasteiger charge is 2.14. The number of nitro benzene ring substituents is 1. The van der Waals surface area contributed by atoms with E-state index in [0.29, 0.717) is 23.1 Å². The van der Waals surface area contributed by atoms with Crippen LogP contribution in [0.3, 0.4) is 0 Å². The van der Waals surface area contributed by atoms with E-state index in [9.17, 15) is 19.7 Å². The molecule has 0 saturated carbocycles. The lowest BCUT2D eigenvalue weighted by atomic mass is 10.1. The Morgan fingerprint density at radius 2 is 1.86 bits per heavy atom. The van der Waals surface area contributed by atoms with Gasteiger partial charge in [0.25, 0.3) is 11.6 Å². The van der Waals surface area contributed by atoms with Crippen LogP contribution in [0, 0.1) is 17.0 Å². The van der Waals surface area contributed by atoms with Crippen molar-refractivity contribution in [3.8, 4) is 0 Å². The van der Waals surface area contributed by atoms with Crippen molar-refractivity contribution in [2.75, 3.05) is 5.32 Å². The molecule has 0 atom stereocenters. The first-order chi connectivity index (χ1) is 10.0. The van der Waals surface area contributed by atoms with Crippen molar-refractivity contribution in [3.05, 3.63) is 69.3 Å². The average Bonchev–Trinajstić information content (AvgIpc) is 2.48. The highest BCUT2D eigenvalue weighted by Crippen LogP contribution is 2.19. The van der Waals surface area contributed by atoms with E-state index in [0.717, 1.165) is 0 Å². The van der Waals surface area contributed by atoms with Gasteiger partial charge in [-0.25, -0.2) is 0 Å². The van der Waals surface area contributed by atoms with Gasteiger partial charge >= 0.3 is 0 Å². The van der Waals surface area contributed by atoms with Crippen LogP contribution in [-0.2, 0) is 0 Å². The van der Waals surface area contributed by atoms with Gasteiger partial charge in [0.1, 0.15) is 6.29 Å². The number of hydrogen-bond donors (Lipinski definition) is 1. The number of aryl methyl sites for hydroxylation is 1. The van der Waals surface area contributed by atoms with E-state index >= 15 is 0 Å². The van der Waals surface area contributed by atoms with Gasteiger partial charge in [-0.05, 0) is 36.8 Å². The van der Waals surface area contributed by atoms with Gasteiger partial charge in [-0.2, -0.15) is 0 Å². The van der Waals surface area contributed by atoms with Crippen LogP contribution < -0.4 is 5.32 Å². The predicted molar refractivity (Wildman–Crippen MR) is 77.6 cm³/mol. The molecule has 0 heterocycles. The highest BCUT2D eigenvalue weighted by molar-refractivity contribution is 6.05. The van der Waals surface area contributed by atoms with E-state index in [1.807, 2.05) is 0 Å². The van der Waals surface area contributed by atoms with E-state index in [2.05, 4.69) is 5.32 Å². The van der Waals surface area contributed by atoms with Gasteiger partial charge in [-0.15, -0.1) is 0 Å². The molecule has 2 aromatic carbocycles. The maximum Gasteiger partial charge on any atom is 0.270 e. The van der Waals surface area contributed by atoms with Crippen LogP contribution in [-0.4, -0.2) is 17.1 Å². The molecule has 0 radical (unpaired) electrons. The lowest BCUT2D eigenvalue weighted by Crippen LogP contribution is -2.13. The first-order valence-corrected chi connectivity index (χ1v) is 6.13. The molecule has 0 unspecified atom stereocenters. The largest absolute Gasteiger partial charge is 0.322 e. The second-order valence-corrected chi connectivity index (χ2v) is 4.45. The zero-order valence-corrected chi connectivity index (χ0v) is 11.2. The molecule has 0 aromatic heterocycles. The monoisotopic (exact) mass is 284 g/mol. The number of nitrogens with one attached hydrogen (secondary N) is 1. The minimum absolute atomic E-state index is 0.137. The summed E-state index contributed by atoms with van der Waals surface area (Å²) < 4.78 is 0. The number of aldehydes is 1. The molecular weight excluding hydrogens is 272 g/mol. The third-order valence-electron chi connectivity index (χ3n) is 2.98. The van der Waals surface area contributed by atoms with Crippen LogP contribution in [0.25, 0.3) is 0 Å². The van der Waals surface area contributed by atoms with Crippen molar-refractivity contribution in [1.82, 2.24) is 0 Å². The normalized spacial score (nSPS) is 9.95. The Labute approximate surface area is 120 Å². The molecule has 0 aliphatic rings. The molecule has 0 saturated heterocycles. The third-order valence-corrected chi connectivity index (χ3v) is 2.98. The number of carbonyl (C=O) groups excluding carboxylic acids is 2. The third kappa shape index (κ3) is 3.30. The molecular formula is C15H12N2O4. The first-order valence-electron chi connectivity index (χ1n) is 6.13. The summed E-state index contributed by atoms with van der Waals surface area (Å²) in [5.41, 5.74) is 1.75. The summed E-state index contributed by atoms with van der Waals surface area (Å²) >= 11 is 0. The van der Waals surface area contributed by atoms with Crippen molar-refractivity contribution in [2.24, 2.45) is 0 Å². The maximum absolute atomic E-state index is 12.2. The summed E-state index contributed by atoms with van der Waals surface area (Å²) in [5, 5.41) is 13.4. The second-order valence-electron chi connectivity index (χ2n) is 4.45. The average molecular weight is 284 g/mol. The summed E-state index contributed by atoms with van der Waals surface area (Å²) in [6.45, 7) is 1.70. The van der Waals surface area contributed by atoms with Gasteiger partial charge < -0.3 is 5.32 Å². The number of nitro groups is 1. The van der Waals surface area contributed by atoms with Crippen molar-refractivity contribution >= 4 is 23.6 Å². The molecule has 106 valence electrons. The lowest BCUT2D eigenvalue weighted by Gasteiger charge is -2.07. The van der Waals surface area contributed by atoms with E-state index in [1.54, 1.807) is 31.2 Å². The fourth-order valence-corrected chi connectivity index (χ4v) is 1.81. The summed E-state index contributed by atoms with van der Waals surface area (Å²) in [4.78, 5) is 32.9. The van der Waals surface area contributed by atoms with Crippen molar-refractivity contribution in [3.63, 3.8) is 0 Å². The molecule has 2 aromatic rings. The minimum atomic E-state index is -0.547. The molecule has 2 rings (SSSR count). The quantitative estimate of drug-likeness (QED) is 0.531. The molecule has 1 N–H and O–H groups in total. The molecule has 0 aliphatic carbocycles. The smallest absolute Gasteiger partial charge is 0.270 e. The molecule has 1 amide bonds. The summed E-state index contributed by atoms with van der Waals surface area (Å²) in [6.07, 6.45) is 0.705. The number of nitrogens with zero attached hydrogens (tertiary/aromatic N) is 1. The van der Waals surface area contributed by atoms with Crippen molar-refractivity contribution in [2.45, 2.75) is 6.92 Å². The molecule has 6 nitrogen and oxygen atoms in total. The van der Waals surface area contributed by atoms with E-state index in [-0.39, 0.29) is 11.3 Å². The van der Waals surface area contributed by atoms with Crippen molar-refractivity contribution in [1.29, 1.82) is 0 Å². The van der Waals surface area contributed by atoms with Crippen LogP contribution in [0.2, 0.25) is 0 Å². The van der Waals surface area contributed by atoms with E-state index in [1.165, 1.54) is 18.2 Å². The fraction of sp³-hybridized carbons (Fsp3) is 0.0667. The zero-order valence-electron chi connectivity index (χ0n) is 11.2. The Kier molecular flexibility index (Phi) is 4.08. The number of amides is 1. The summed E-state index contributed by atoms with van der Waals surface area (Å²) in [5.74, 6) is -0.435. The molecule has 0 fully saturated rings. The Morgan fingerprint density at radius 3 is 2.43 bits per heavy atom. The molecule has 0 spiro atoms. The topological polar surface area (TPSA) is 89.3 Å². The predicted octanol–water partition coefficient (Wildman–Crippen LogP) is 2.97. The van der Waals surface area contributed by atoms with Crippen LogP contribution in [0.15, 0.2) is 42.5 Å². The SMILES string of the molecule is Cc1ccc([N+](=O)[O-])cc1C(=O)Nc1ccc(C=O)cc1. The number of hydrogen-bond acceptors (Lipinski definition) is 4. The standard InChI is InChI=1S/C15H12N2O4/c1-10-2-7-13(17(20)21)8-14(10)15(19)16-12-5-3-11(9-18)4-6-12/h2-9H,1H3,(H,16,19). The molecule has 6 heteroatoms. The van der Waals surface area contributed by atoms with Crippen LogP contribution >= 0.6 is 0 Å². The number of carbonyl (C=O) groups is 2. The Balaban J connectivity index is 2.24. The Hall–Kier alpha value is -3.02. The lowest BCUT2D eigenvalue weighted by molar-refractivity contribution is -0.384. The molecule has 21 heavy (non-hydrogen) atoms. The van der Waals surface area contributed by atoms with Crippen LogP contribution in [0.1, 0.15) is 26.3 Å². The molecule has 0 bridgehead atoms. The van der Waals surface area contributed by atoms with Gasteiger partial charge in [0.2, 0.25) is 0 Å². The number of non-ortho nitro benzene ring substituents is 1. The fourth-order valence-electron chi connectivity index (χ4n) is 1.81. The zero-order chi connectivity index (χ0) is 15.4. The van der Waals surface area contributed by atoms with Crippen molar-refractivity contribution < 1.29 is 14.5 Å². The Bertz CT molecular complexity index is 708. The minimum Gasteiger partial charge on any atom is -0.322 e. The van der Waals surface area contributed by atoms with E-state index in [4.69, 9.17) is 0 Å². The van der Waals surface area contributed by atoms with Gasteiger partial charge in [0.15, 0.2) is 0 Å². The van der Waals surface area contributed by atoms with Gasteiger partial charge in [0.05, 0.1) is 4.92 Å². The summed E-state index contributed by atoms with van der Waals surface area (Å²) in [6, 6.07) is 10.5. The first kappa shape index (κ1) is 14.4. The Morgan fingerprint density at radius 1 is 1.19 bits per heavy atom. The number of anilines is 1.